The summed E-state index contributed by atoms with van der Waals surface area (Å²) in [6.45, 7) is 0.350. The fourth-order valence-corrected chi connectivity index (χ4v) is 5.80. The van der Waals surface area contributed by atoms with Gasteiger partial charge in [-0.1, -0.05) is 0 Å². The van der Waals surface area contributed by atoms with Crippen LogP contribution in [-0.2, 0) is 34.5 Å². The number of anilines is 1. The van der Waals surface area contributed by atoms with E-state index in [1.807, 2.05) is 12.1 Å². The highest BCUT2D eigenvalue weighted by atomic mass is 16.5. The van der Waals surface area contributed by atoms with Gasteiger partial charge in [-0.15, -0.1) is 0 Å². The number of fused-ring (bicyclic) bond motifs is 6. The first-order valence-electron chi connectivity index (χ1n) is 10.3. The molecule has 0 saturated heterocycles. The number of hydrogen-bond acceptors (Lipinski definition) is 6. The molecule has 1 aromatic carbocycles. The zero-order chi connectivity index (χ0) is 20.4. The number of nitrogen functional groups attached to an aromatic ring is 1. The van der Waals surface area contributed by atoms with Crippen molar-refractivity contribution in [2.24, 2.45) is 0 Å². The molecule has 4 aliphatic rings. The first-order valence-corrected chi connectivity index (χ1v) is 10.3. The maximum absolute atomic E-state index is 13.2. The van der Waals surface area contributed by atoms with Crippen LogP contribution in [0.25, 0.3) is 22.3 Å². The first-order chi connectivity index (χ1) is 14.5. The Bertz CT molecular complexity index is 1400. The van der Waals surface area contributed by atoms with Crippen molar-refractivity contribution in [1.29, 1.82) is 0 Å². The number of carbonyl (C=O) groups is 1. The fourth-order valence-electron chi connectivity index (χ4n) is 5.80. The molecule has 1 saturated carbocycles. The molecule has 7 rings (SSSR count). The topological polar surface area (TPSA) is 107 Å². The summed E-state index contributed by atoms with van der Waals surface area (Å²) in [4.78, 5) is 30.1. The van der Waals surface area contributed by atoms with Crippen molar-refractivity contribution in [3.63, 3.8) is 0 Å². The summed E-state index contributed by atoms with van der Waals surface area (Å²) in [5.74, 6) is -0.719. The van der Waals surface area contributed by atoms with E-state index >= 15 is 0 Å². The minimum absolute atomic E-state index is 0.104. The number of aliphatic hydroxyl groups is 1. The van der Waals surface area contributed by atoms with Crippen molar-refractivity contribution in [3.8, 4) is 11.4 Å². The molecule has 1 spiro atoms. The molecule has 2 aliphatic carbocycles. The summed E-state index contributed by atoms with van der Waals surface area (Å²) in [5, 5.41) is 11.5. The summed E-state index contributed by atoms with van der Waals surface area (Å²) in [6, 6.07) is 5.63. The van der Waals surface area contributed by atoms with Crippen molar-refractivity contribution < 1.29 is 14.6 Å². The van der Waals surface area contributed by atoms with Crippen LogP contribution in [0.15, 0.2) is 23.0 Å². The van der Waals surface area contributed by atoms with Gasteiger partial charge in [-0.25, -0.2) is 9.78 Å². The summed E-state index contributed by atoms with van der Waals surface area (Å²) < 4.78 is 6.71. The van der Waals surface area contributed by atoms with Crippen LogP contribution in [0.4, 0.5) is 5.69 Å². The van der Waals surface area contributed by atoms with E-state index in [1.54, 1.807) is 10.6 Å². The van der Waals surface area contributed by atoms with Crippen LogP contribution in [0.5, 0.6) is 0 Å². The summed E-state index contributed by atoms with van der Waals surface area (Å²) in [7, 11) is 0. The first kappa shape index (κ1) is 16.6. The molecule has 4 heterocycles. The molecule has 30 heavy (non-hydrogen) atoms. The van der Waals surface area contributed by atoms with Crippen molar-refractivity contribution in [3.05, 3.63) is 56.4 Å². The Kier molecular flexibility index (Phi) is 2.82. The number of hydrogen-bond donors (Lipinski definition) is 2. The van der Waals surface area contributed by atoms with Gasteiger partial charge in [0, 0.05) is 22.2 Å². The molecule has 7 nitrogen and oxygen atoms in total. The number of nitrogens with zero attached hydrogens (tertiary/aromatic N) is 2. The van der Waals surface area contributed by atoms with Crippen LogP contribution < -0.4 is 11.3 Å². The zero-order valence-corrected chi connectivity index (χ0v) is 16.2. The average molecular weight is 401 g/mol. The van der Waals surface area contributed by atoms with Crippen molar-refractivity contribution >= 4 is 22.6 Å². The smallest absolute Gasteiger partial charge is 0.340 e. The number of pyridine rings is 2. The molecular weight excluding hydrogens is 382 g/mol. The minimum Gasteiger partial charge on any atom is -0.458 e. The number of rotatable bonds is 0. The van der Waals surface area contributed by atoms with E-state index in [2.05, 4.69) is 0 Å². The van der Waals surface area contributed by atoms with E-state index in [-0.39, 0.29) is 17.6 Å². The second kappa shape index (κ2) is 5.10. The number of nitrogens with two attached hydrogens (primary N) is 1. The highest BCUT2D eigenvalue weighted by molar-refractivity contribution is 5.96. The third-order valence-electron chi connectivity index (χ3n) is 7.50. The average Bonchev–Trinajstić information content (AvgIpc) is 3.41. The van der Waals surface area contributed by atoms with Crippen LogP contribution in [-0.4, -0.2) is 20.6 Å². The minimum atomic E-state index is -1.43. The van der Waals surface area contributed by atoms with Gasteiger partial charge in [0.15, 0.2) is 6.10 Å². The lowest BCUT2D eigenvalue weighted by Crippen LogP contribution is -2.32. The molecule has 3 N–H and O–H groups in total. The zero-order valence-electron chi connectivity index (χ0n) is 16.2. The number of aliphatic hydroxyl groups excluding tert-OH is 1. The Morgan fingerprint density at radius 1 is 1.17 bits per heavy atom. The van der Waals surface area contributed by atoms with E-state index in [0.29, 0.717) is 23.4 Å². The molecule has 2 aromatic heterocycles. The number of carbonyl (C=O) groups excluding carboxylic acids is 1. The van der Waals surface area contributed by atoms with Crippen LogP contribution in [0.1, 0.15) is 53.2 Å². The standard InChI is InChI=1S/C23H19N3O4/c24-14-1-2-15-17-10(14)3-4-23(5-6-23)18(17)12-8-26-16(19(12)25-15)7-11-13(21(26)28)9-30-22(29)20(11)27/h1-2,7,20,27H,3-6,8-9,24H2. The normalized spacial score (nSPS) is 21.9. The number of aromatic nitrogens is 2. The molecule has 0 bridgehead atoms. The lowest BCUT2D eigenvalue weighted by molar-refractivity contribution is -0.157. The van der Waals surface area contributed by atoms with Crippen LogP contribution >= 0.6 is 0 Å². The van der Waals surface area contributed by atoms with Gasteiger partial charge in [0.05, 0.1) is 29.0 Å². The molecule has 150 valence electrons. The highest BCUT2D eigenvalue weighted by Crippen LogP contribution is 2.59. The van der Waals surface area contributed by atoms with Gasteiger partial charge in [-0.2, -0.15) is 0 Å². The molecule has 0 radical (unpaired) electrons. The maximum Gasteiger partial charge on any atom is 0.340 e. The van der Waals surface area contributed by atoms with Gasteiger partial charge in [0.1, 0.15) is 6.61 Å². The van der Waals surface area contributed by atoms with E-state index in [1.165, 1.54) is 16.5 Å². The predicted molar refractivity (Wildman–Crippen MR) is 109 cm³/mol. The van der Waals surface area contributed by atoms with Gasteiger partial charge in [-0.05, 0) is 60.4 Å². The summed E-state index contributed by atoms with van der Waals surface area (Å²) in [6.07, 6.45) is 2.90. The van der Waals surface area contributed by atoms with Gasteiger partial charge < -0.3 is 20.1 Å². The largest absolute Gasteiger partial charge is 0.458 e. The summed E-state index contributed by atoms with van der Waals surface area (Å²) in [5.41, 5.74) is 13.7. The lowest BCUT2D eigenvalue weighted by Gasteiger charge is -2.28. The SMILES string of the molecule is Nc1ccc2nc3c(c4c2c1CCC41CC1)Cn1c-3cc2c(c1=O)COC(=O)C2O. The summed E-state index contributed by atoms with van der Waals surface area (Å²) >= 11 is 0. The van der Waals surface area contributed by atoms with E-state index in [9.17, 15) is 14.7 Å². The number of cyclic esters (lactones) is 1. The Morgan fingerprint density at radius 2 is 2.00 bits per heavy atom. The Balaban J connectivity index is 1.57. The third-order valence-corrected chi connectivity index (χ3v) is 7.50. The molecule has 7 heteroatoms. The second-order valence-corrected chi connectivity index (χ2v) is 8.99. The Labute approximate surface area is 171 Å². The molecular formula is C23H19N3O4. The van der Waals surface area contributed by atoms with Gasteiger partial charge >= 0.3 is 5.97 Å². The quantitative estimate of drug-likeness (QED) is 0.345. The monoisotopic (exact) mass is 401 g/mol. The van der Waals surface area contributed by atoms with Gasteiger partial charge in [-0.3, -0.25) is 4.79 Å². The lowest BCUT2D eigenvalue weighted by atomic mass is 9.77. The predicted octanol–water partition coefficient (Wildman–Crippen LogP) is 2.08. The van der Waals surface area contributed by atoms with Gasteiger partial charge in [0.25, 0.3) is 5.56 Å². The van der Waals surface area contributed by atoms with Crippen molar-refractivity contribution in [1.82, 2.24) is 9.55 Å². The maximum atomic E-state index is 13.2. The molecule has 3 aromatic rings. The van der Waals surface area contributed by atoms with E-state index in [0.717, 1.165) is 48.1 Å². The van der Waals surface area contributed by atoms with Crippen LogP contribution in [0.2, 0.25) is 0 Å². The van der Waals surface area contributed by atoms with Gasteiger partial charge in [0.2, 0.25) is 0 Å². The molecule has 1 unspecified atom stereocenters. The van der Waals surface area contributed by atoms with E-state index < -0.39 is 12.1 Å². The van der Waals surface area contributed by atoms with Crippen molar-refractivity contribution in [2.75, 3.05) is 5.73 Å². The third kappa shape index (κ3) is 1.82. The Hall–Kier alpha value is -3.19. The Morgan fingerprint density at radius 3 is 2.80 bits per heavy atom. The second-order valence-electron chi connectivity index (χ2n) is 8.99. The molecule has 1 fully saturated rings. The fraction of sp³-hybridized carbons (Fsp3) is 0.348. The number of ether oxygens (including phenoxy) is 1. The number of benzene rings is 1. The van der Waals surface area contributed by atoms with Crippen LogP contribution in [0.3, 0.4) is 0 Å². The highest BCUT2D eigenvalue weighted by Gasteiger charge is 2.50. The van der Waals surface area contributed by atoms with Crippen molar-refractivity contribution in [2.45, 2.75) is 50.4 Å². The van der Waals surface area contributed by atoms with Crippen LogP contribution in [0, 0.1) is 0 Å². The molecule has 0 amide bonds. The molecule has 2 aliphatic heterocycles. The van der Waals surface area contributed by atoms with E-state index in [4.69, 9.17) is 15.5 Å². The number of aryl methyl sites for hydroxylation is 1. The number of esters is 1. The molecule has 1 atom stereocenters.